The zero-order valence-electron chi connectivity index (χ0n) is 19.5. The molecule has 5 nitrogen and oxygen atoms in total. The van der Waals surface area contributed by atoms with Crippen LogP contribution in [-0.2, 0) is 14.3 Å². The van der Waals surface area contributed by atoms with Crippen LogP contribution in [0.4, 0.5) is 4.79 Å². The van der Waals surface area contributed by atoms with E-state index in [2.05, 4.69) is 6.92 Å². The minimum absolute atomic E-state index is 0.0612. The fraction of sp³-hybridized carbons (Fsp3) is 0.917. The molecule has 0 saturated carbocycles. The Hall–Kier alpha value is -1.26. The quantitative estimate of drug-likeness (QED) is 0.252. The van der Waals surface area contributed by atoms with Crippen LogP contribution in [0.25, 0.3) is 0 Å². The predicted octanol–water partition coefficient (Wildman–Crippen LogP) is 6.63. The predicted molar refractivity (Wildman–Crippen MR) is 118 cm³/mol. The number of carbonyl (C=O) groups excluding carboxylic acids is 2. The SMILES string of the molecule is CCCCCCCCCCCCCC(=O)OC1CCN(C(=O)OC(C)(C)C)CC1. The lowest BCUT2D eigenvalue weighted by molar-refractivity contribution is -0.151. The van der Waals surface area contributed by atoms with E-state index in [0.29, 0.717) is 32.4 Å². The van der Waals surface area contributed by atoms with Gasteiger partial charge in [0.2, 0.25) is 0 Å². The van der Waals surface area contributed by atoms with Gasteiger partial charge in [-0.15, -0.1) is 0 Å². The van der Waals surface area contributed by atoms with Crippen LogP contribution < -0.4 is 0 Å². The summed E-state index contributed by atoms with van der Waals surface area (Å²) in [5.41, 5.74) is -0.477. The van der Waals surface area contributed by atoms with Crippen LogP contribution in [0.5, 0.6) is 0 Å². The fourth-order valence-electron chi connectivity index (χ4n) is 3.66. The average Bonchev–Trinajstić information content (AvgIpc) is 2.65. The number of hydrogen-bond acceptors (Lipinski definition) is 4. The van der Waals surface area contributed by atoms with Gasteiger partial charge >= 0.3 is 12.1 Å². The molecule has 0 unspecified atom stereocenters. The molecule has 0 bridgehead atoms. The number of unbranched alkanes of at least 4 members (excludes halogenated alkanes) is 10. The van der Waals surface area contributed by atoms with E-state index in [1.807, 2.05) is 20.8 Å². The topological polar surface area (TPSA) is 55.8 Å². The zero-order valence-corrected chi connectivity index (χ0v) is 19.5. The van der Waals surface area contributed by atoms with Crippen LogP contribution in [0.2, 0.25) is 0 Å². The molecule has 0 N–H and O–H groups in total. The first-order valence-electron chi connectivity index (χ1n) is 12.0. The summed E-state index contributed by atoms with van der Waals surface area (Å²) >= 11 is 0. The Bertz CT molecular complexity index is 450. The van der Waals surface area contributed by atoms with Crippen molar-refractivity contribution in [2.45, 2.75) is 129 Å². The Morgan fingerprint density at radius 2 is 1.31 bits per heavy atom. The molecule has 0 atom stereocenters. The van der Waals surface area contributed by atoms with E-state index < -0.39 is 5.60 Å². The minimum Gasteiger partial charge on any atom is -0.462 e. The summed E-state index contributed by atoms with van der Waals surface area (Å²) in [7, 11) is 0. The third-order valence-corrected chi connectivity index (χ3v) is 5.38. The summed E-state index contributed by atoms with van der Waals surface area (Å²) in [5, 5.41) is 0. The molecule has 1 heterocycles. The molecule has 1 fully saturated rings. The number of piperidine rings is 1. The largest absolute Gasteiger partial charge is 0.462 e. The van der Waals surface area contributed by atoms with Crippen LogP contribution >= 0.6 is 0 Å². The number of nitrogens with zero attached hydrogens (tertiary/aromatic N) is 1. The zero-order chi connectivity index (χ0) is 21.5. The number of carbonyl (C=O) groups is 2. The number of amides is 1. The number of ether oxygens (including phenoxy) is 2. The van der Waals surface area contributed by atoms with Crippen molar-refractivity contribution in [1.29, 1.82) is 0 Å². The molecular formula is C24H45NO4. The number of hydrogen-bond donors (Lipinski definition) is 0. The molecule has 1 aliphatic heterocycles. The van der Waals surface area contributed by atoms with E-state index >= 15 is 0 Å². The Balaban J connectivity index is 1.99. The maximum absolute atomic E-state index is 12.1. The van der Waals surface area contributed by atoms with Gasteiger partial charge in [-0.1, -0.05) is 71.1 Å². The molecule has 1 rings (SSSR count). The van der Waals surface area contributed by atoms with Gasteiger partial charge in [-0.25, -0.2) is 4.79 Å². The van der Waals surface area contributed by atoms with Gasteiger partial charge in [-0.3, -0.25) is 4.79 Å². The summed E-state index contributed by atoms with van der Waals surface area (Å²) in [4.78, 5) is 25.8. The fourth-order valence-corrected chi connectivity index (χ4v) is 3.66. The minimum atomic E-state index is -0.477. The van der Waals surface area contributed by atoms with Crippen molar-refractivity contribution in [3.63, 3.8) is 0 Å². The highest BCUT2D eigenvalue weighted by molar-refractivity contribution is 5.70. The van der Waals surface area contributed by atoms with E-state index in [1.165, 1.54) is 57.8 Å². The molecule has 0 aromatic carbocycles. The molecule has 1 saturated heterocycles. The van der Waals surface area contributed by atoms with Crippen molar-refractivity contribution in [2.75, 3.05) is 13.1 Å². The van der Waals surface area contributed by atoms with Gasteiger partial charge in [-0.2, -0.15) is 0 Å². The third kappa shape index (κ3) is 13.6. The lowest BCUT2D eigenvalue weighted by Crippen LogP contribution is -2.43. The second kappa shape index (κ2) is 14.7. The van der Waals surface area contributed by atoms with E-state index in [-0.39, 0.29) is 18.2 Å². The Morgan fingerprint density at radius 3 is 1.79 bits per heavy atom. The normalized spacial score (nSPS) is 15.4. The average molecular weight is 412 g/mol. The van der Waals surface area contributed by atoms with Crippen molar-refractivity contribution in [1.82, 2.24) is 4.90 Å². The lowest BCUT2D eigenvalue weighted by Gasteiger charge is -2.33. The van der Waals surface area contributed by atoms with Crippen molar-refractivity contribution in [3.8, 4) is 0 Å². The first kappa shape index (κ1) is 25.8. The molecule has 0 aromatic rings. The monoisotopic (exact) mass is 411 g/mol. The Labute approximate surface area is 178 Å². The van der Waals surface area contributed by atoms with Crippen LogP contribution in [0.15, 0.2) is 0 Å². The molecular weight excluding hydrogens is 366 g/mol. The maximum atomic E-state index is 12.1. The van der Waals surface area contributed by atoms with E-state index in [4.69, 9.17) is 9.47 Å². The lowest BCUT2D eigenvalue weighted by atomic mass is 10.1. The third-order valence-electron chi connectivity index (χ3n) is 5.38. The molecule has 29 heavy (non-hydrogen) atoms. The van der Waals surface area contributed by atoms with Crippen LogP contribution in [0.1, 0.15) is 118 Å². The summed E-state index contributed by atoms with van der Waals surface area (Å²) in [6, 6.07) is 0. The maximum Gasteiger partial charge on any atom is 0.410 e. The molecule has 170 valence electrons. The van der Waals surface area contributed by atoms with Crippen molar-refractivity contribution < 1.29 is 19.1 Å². The second-order valence-corrected chi connectivity index (χ2v) is 9.44. The van der Waals surface area contributed by atoms with E-state index in [9.17, 15) is 9.59 Å². The van der Waals surface area contributed by atoms with Crippen molar-refractivity contribution in [3.05, 3.63) is 0 Å². The molecule has 5 heteroatoms. The van der Waals surface area contributed by atoms with E-state index in [1.54, 1.807) is 4.90 Å². The summed E-state index contributed by atoms with van der Waals surface area (Å²) in [6.07, 6.45) is 15.6. The highest BCUT2D eigenvalue weighted by atomic mass is 16.6. The molecule has 1 aliphatic rings. The van der Waals surface area contributed by atoms with Crippen LogP contribution in [0.3, 0.4) is 0 Å². The standard InChI is InChI=1S/C24H45NO4/c1-5-6-7-8-9-10-11-12-13-14-15-16-22(26)28-21-17-19-25(20-18-21)23(27)29-24(2,3)4/h21H,5-20H2,1-4H3. The first-order chi connectivity index (χ1) is 13.8. The van der Waals surface area contributed by atoms with Gasteiger partial charge in [0, 0.05) is 32.4 Å². The highest BCUT2D eigenvalue weighted by Crippen LogP contribution is 2.18. The molecule has 0 aromatic heterocycles. The van der Waals surface area contributed by atoms with Gasteiger partial charge in [0.15, 0.2) is 0 Å². The van der Waals surface area contributed by atoms with Crippen molar-refractivity contribution in [2.24, 2.45) is 0 Å². The van der Waals surface area contributed by atoms with Gasteiger partial charge in [-0.05, 0) is 27.2 Å². The Morgan fingerprint density at radius 1 is 0.828 bits per heavy atom. The van der Waals surface area contributed by atoms with Gasteiger partial charge in [0.25, 0.3) is 0 Å². The molecule has 0 aliphatic carbocycles. The van der Waals surface area contributed by atoms with Gasteiger partial charge in [0.05, 0.1) is 0 Å². The van der Waals surface area contributed by atoms with Crippen LogP contribution in [0, 0.1) is 0 Å². The summed E-state index contributed by atoms with van der Waals surface area (Å²) in [5.74, 6) is -0.0864. The number of esters is 1. The van der Waals surface area contributed by atoms with Gasteiger partial charge in [0.1, 0.15) is 11.7 Å². The highest BCUT2D eigenvalue weighted by Gasteiger charge is 2.28. The first-order valence-corrected chi connectivity index (χ1v) is 12.0. The second-order valence-electron chi connectivity index (χ2n) is 9.44. The Kier molecular flexibility index (Phi) is 13.0. The van der Waals surface area contributed by atoms with Gasteiger partial charge < -0.3 is 14.4 Å². The summed E-state index contributed by atoms with van der Waals surface area (Å²) in [6.45, 7) is 9.04. The summed E-state index contributed by atoms with van der Waals surface area (Å²) < 4.78 is 11.0. The molecule has 0 spiro atoms. The number of likely N-dealkylation sites (tertiary alicyclic amines) is 1. The van der Waals surface area contributed by atoms with Crippen molar-refractivity contribution >= 4 is 12.1 Å². The molecule has 0 radical (unpaired) electrons. The van der Waals surface area contributed by atoms with Crippen LogP contribution in [-0.4, -0.2) is 41.8 Å². The smallest absolute Gasteiger partial charge is 0.410 e. The van der Waals surface area contributed by atoms with E-state index in [0.717, 1.165) is 12.8 Å². The molecule has 1 amide bonds. The number of rotatable bonds is 13.